The second kappa shape index (κ2) is 7.10. The number of likely N-dealkylation sites (tertiary alicyclic amines) is 1. The van der Waals surface area contributed by atoms with Crippen molar-refractivity contribution in [1.29, 1.82) is 0 Å². The van der Waals surface area contributed by atoms with Gasteiger partial charge in [-0.1, -0.05) is 30.7 Å². The third-order valence-electron chi connectivity index (χ3n) is 3.51. The molecule has 3 nitrogen and oxygen atoms in total. The van der Waals surface area contributed by atoms with Gasteiger partial charge in [0.15, 0.2) is 0 Å². The first-order valence-electron chi connectivity index (χ1n) is 6.72. The van der Waals surface area contributed by atoms with Crippen LogP contribution in [-0.2, 0) is 17.8 Å². The van der Waals surface area contributed by atoms with Crippen molar-refractivity contribution in [2.75, 3.05) is 19.6 Å². The van der Waals surface area contributed by atoms with Crippen molar-refractivity contribution in [2.24, 2.45) is 4.99 Å². The van der Waals surface area contributed by atoms with Crippen molar-refractivity contribution in [2.45, 2.75) is 32.2 Å². The molecule has 1 fully saturated rings. The normalized spacial score (nSPS) is 16.2. The van der Waals surface area contributed by atoms with E-state index in [-0.39, 0.29) is 0 Å². The zero-order chi connectivity index (χ0) is 12.6. The summed E-state index contributed by atoms with van der Waals surface area (Å²) in [5.41, 5.74) is 2.43. The van der Waals surface area contributed by atoms with Crippen LogP contribution >= 0.6 is 0 Å². The fourth-order valence-corrected chi connectivity index (χ4v) is 2.41. The van der Waals surface area contributed by atoms with Gasteiger partial charge >= 0.3 is 0 Å². The van der Waals surface area contributed by atoms with Gasteiger partial charge in [0.2, 0.25) is 6.08 Å². The molecule has 0 saturated carbocycles. The predicted molar refractivity (Wildman–Crippen MR) is 72.3 cm³/mol. The van der Waals surface area contributed by atoms with Gasteiger partial charge < -0.3 is 4.90 Å². The lowest BCUT2D eigenvalue weighted by atomic mass is 10.1. The number of isocyanates is 1. The highest BCUT2D eigenvalue weighted by molar-refractivity contribution is 5.34. The fraction of sp³-hybridized carbons (Fsp3) is 0.533. The van der Waals surface area contributed by atoms with E-state index in [1.165, 1.54) is 37.9 Å². The van der Waals surface area contributed by atoms with Gasteiger partial charge in [0.05, 0.1) is 6.54 Å². The molecule has 0 N–H and O–H groups in total. The minimum atomic E-state index is 0.440. The van der Waals surface area contributed by atoms with Crippen molar-refractivity contribution < 1.29 is 4.79 Å². The molecule has 18 heavy (non-hydrogen) atoms. The van der Waals surface area contributed by atoms with E-state index in [9.17, 15) is 4.79 Å². The molecule has 3 heteroatoms. The van der Waals surface area contributed by atoms with Crippen molar-refractivity contribution in [1.82, 2.24) is 4.90 Å². The molecule has 0 spiro atoms. The van der Waals surface area contributed by atoms with E-state index in [4.69, 9.17) is 0 Å². The van der Waals surface area contributed by atoms with Crippen LogP contribution < -0.4 is 0 Å². The molecule has 0 unspecified atom stereocenters. The highest BCUT2D eigenvalue weighted by Crippen LogP contribution is 2.11. The van der Waals surface area contributed by atoms with Crippen LogP contribution in [0.3, 0.4) is 0 Å². The maximum atomic E-state index is 10.0. The Morgan fingerprint density at radius 1 is 1.06 bits per heavy atom. The third-order valence-corrected chi connectivity index (χ3v) is 3.51. The Labute approximate surface area is 109 Å². The monoisotopic (exact) mass is 244 g/mol. The summed E-state index contributed by atoms with van der Waals surface area (Å²) in [5.74, 6) is 0. The van der Waals surface area contributed by atoms with Gasteiger partial charge in [-0.05, 0) is 43.5 Å². The Bertz CT molecular complexity index is 401. The molecule has 1 saturated heterocycles. The molecule has 1 aliphatic heterocycles. The van der Waals surface area contributed by atoms with E-state index in [1.807, 2.05) is 12.1 Å². The predicted octanol–water partition coefficient (Wildman–Crippen LogP) is 2.55. The van der Waals surface area contributed by atoms with Crippen molar-refractivity contribution in [3.05, 3.63) is 35.4 Å². The van der Waals surface area contributed by atoms with E-state index < -0.39 is 0 Å². The number of nitrogens with zero attached hydrogens (tertiary/aromatic N) is 2. The first-order valence-corrected chi connectivity index (χ1v) is 6.72. The molecular formula is C15H20N2O. The minimum Gasteiger partial charge on any atom is -0.303 e. The Kier molecular flexibility index (Phi) is 5.13. The van der Waals surface area contributed by atoms with Gasteiger partial charge in [-0.2, -0.15) is 0 Å². The molecule has 1 aromatic rings. The lowest BCUT2D eigenvalue weighted by Gasteiger charge is -2.26. The number of carbonyl (C=O) groups excluding carboxylic acids is 1. The highest BCUT2D eigenvalue weighted by atomic mass is 16.1. The molecule has 0 radical (unpaired) electrons. The summed E-state index contributed by atoms with van der Waals surface area (Å²) < 4.78 is 0. The maximum Gasteiger partial charge on any atom is 0.235 e. The molecule has 1 aromatic carbocycles. The van der Waals surface area contributed by atoms with E-state index >= 15 is 0 Å². The number of rotatable bonds is 5. The highest BCUT2D eigenvalue weighted by Gasteiger charge is 2.09. The Morgan fingerprint density at radius 2 is 1.72 bits per heavy atom. The standard InChI is InChI=1S/C15H20N2O/c18-13-16-12-15-6-4-14(5-7-15)8-11-17-9-2-1-3-10-17/h4-7H,1-3,8-12H2. The molecule has 0 bridgehead atoms. The number of hydrogen-bond acceptors (Lipinski definition) is 3. The molecule has 0 aromatic heterocycles. The summed E-state index contributed by atoms with van der Waals surface area (Å²) in [6, 6.07) is 8.37. The van der Waals surface area contributed by atoms with E-state index in [0.717, 1.165) is 18.5 Å². The summed E-state index contributed by atoms with van der Waals surface area (Å²) in [6.07, 6.45) is 6.77. The number of hydrogen-bond donors (Lipinski definition) is 0. The van der Waals surface area contributed by atoms with Crippen LogP contribution in [0.4, 0.5) is 0 Å². The molecule has 0 aliphatic carbocycles. The Balaban J connectivity index is 1.80. The van der Waals surface area contributed by atoms with Crippen LogP contribution in [0.2, 0.25) is 0 Å². The molecule has 2 rings (SSSR count). The van der Waals surface area contributed by atoms with Crippen LogP contribution in [-0.4, -0.2) is 30.6 Å². The summed E-state index contributed by atoms with van der Waals surface area (Å²) in [6.45, 7) is 4.11. The molecule has 0 amide bonds. The smallest absolute Gasteiger partial charge is 0.235 e. The number of aliphatic imine (C=N–C) groups is 1. The topological polar surface area (TPSA) is 32.7 Å². The van der Waals surface area contributed by atoms with Crippen LogP contribution in [0.15, 0.2) is 29.3 Å². The van der Waals surface area contributed by atoms with Crippen molar-refractivity contribution in [3.8, 4) is 0 Å². The second-order valence-corrected chi connectivity index (χ2v) is 4.88. The zero-order valence-electron chi connectivity index (χ0n) is 10.8. The van der Waals surface area contributed by atoms with E-state index in [0.29, 0.717) is 6.54 Å². The minimum absolute atomic E-state index is 0.440. The second-order valence-electron chi connectivity index (χ2n) is 4.88. The van der Waals surface area contributed by atoms with Crippen LogP contribution in [0.5, 0.6) is 0 Å². The quantitative estimate of drug-likeness (QED) is 0.589. The first kappa shape index (κ1) is 13.0. The van der Waals surface area contributed by atoms with Crippen molar-refractivity contribution in [3.63, 3.8) is 0 Å². The lowest BCUT2D eigenvalue weighted by Crippen LogP contribution is -2.31. The molecule has 1 aliphatic rings. The summed E-state index contributed by atoms with van der Waals surface area (Å²) in [5, 5.41) is 0. The van der Waals surface area contributed by atoms with Crippen LogP contribution in [0.25, 0.3) is 0 Å². The van der Waals surface area contributed by atoms with Crippen LogP contribution in [0, 0.1) is 0 Å². The number of piperidine rings is 1. The average Bonchev–Trinajstić information content (AvgIpc) is 2.45. The van der Waals surface area contributed by atoms with Gasteiger partial charge in [-0.3, -0.25) is 0 Å². The van der Waals surface area contributed by atoms with E-state index in [2.05, 4.69) is 22.0 Å². The van der Waals surface area contributed by atoms with Gasteiger partial charge in [0, 0.05) is 6.54 Å². The number of benzene rings is 1. The molecular weight excluding hydrogens is 224 g/mol. The van der Waals surface area contributed by atoms with Crippen LogP contribution in [0.1, 0.15) is 30.4 Å². The SMILES string of the molecule is O=C=NCc1ccc(CCN2CCCCC2)cc1. The van der Waals surface area contributed by atoms with Gasteiger partial charge in [0.1, 0.15) is 0 Å². The average molecular weight is 244 g/mol. The van der Waals surface area contributed by atoms with Gasteiger partial charge in [-0.25, -0.2) is 9.79 Å². The largest absolute Gasteiger partial charge is 0.303 e. The first-order chi connectivity index (χ1) is 8.88. The molecule has 1 heterocycles. The summed E-state index contributed by atoms with van der Waals surface area (Å²) in [4.78, 5) is 16.2. The Morgan fingerprint density at radius 3 is 2.39 bits per heavy atom. The third kappa shape index (κ3) is 4.10. The Hall–Kier alpha value is -1.44. The zero-order valence-corrected chi connectivity index (χ0v) is 10.8. The molecule has 0 atom stereocenters. The fourth-order valence-electron chi connectivity index (χ4n) is 2.41. The summed E-state index contributed by atoms with van der Waals surface area (Å²) in [7, 11) is 0. The van der Waals surface area contributed by atoms with Crippen molar-refractivity contribution >= 4 is 6.08 Å². The van der Waals surface area contributed by atoms with E-state index in [1.54, 1.807) is 6.08 Å². The van der Waals surface area contributed by atoms with Gasteiger partial charge in [0.25, 0.3) is 0 Å². The maximum absolute atomic E-state index is 10.0. The summed E-state index contributed by atoms with van der Waals surface area (Å²) >= 11 is 0. The van der Waals surface area contributed by atoms with Gasteiger partial charge in [-0.15, -0.1) is 0 Å². The molecule has 96 valence electrons. The lowest BCUT2D eigenvalue weighted by molar-refractivity contribution is 0.231.